The van der Waals surface area contributed by atoms with E-state index >= 15 is 0 Å². The van der Waals surface area contributed by atoms with Crippen LogP contribution in [-0.4, -0.2) is 38.3 Å². The molecule has 0 radical (unpaired) electrons. The van der Waals surface area contributed by atoms with Gasteiger partial charge in [-0.1, -0.05) is 27.2 Å². The van der Waals surface area contributed by atoms with Crippen LogP contribution < -0.4 is 5.32 Å². The number of aryl methyl sites for hydroxylation is 2. The average molecular weight is 382 g/mol. The van der Waals surface area contributed by atoms with Crippen molar-refractivity contribution in [3.05, 3.63) is 35.3 Å². The number of fused-ring (bicyclic) bond motifs is 1. The van der Waals surface area contributed by atoms with Gasteiger partial charge in [0.15, 0.2) is 5.65 Å². The number of hydrogen-bond acceptors (Lipinski definition) is 5. The van der Waals surface area contributed by atoms with Gasteiger partial charge in [-0.25, -0.2) is 15.0 Å². The number of aromatic nitrogens is 4. The van der Waals surface area contributed by atoms with Gasteiger partial charge in [0.05, 0.1) is 24.0 Å². The smallest absolute Gasteiger partial charge is 0.159 e. The summed E-state index contributed by atoms with van der Waals surface area (Å²) in [4.78, 5) is 14.6. The molecule has 0 amide bonds. The van der Waals surface area contributed by atoms with Gasteiger partial charge in [0.25, 0.3) is 0 Å². The zero-order chi connectivity index (χ0) is 20.4. The zero-order valence-corrected chi connectivity index (χ0v) is 17.7. The van der Waals surface area contributed by atoms with E-state index in [2.05, 4.69) is 49.0 Å². The van der Waals surface area contributed by atoms with Gasteiger partial charge in [-0.2, -0.15) is 0 Å². The summed E-state index contributed by atoms with van der Waals surface area (Å²) in [6, 6.07) is 4.17. The van der Waals surface area contributed by atoms with E-state index in [1.54, 1.807) is 0 Å². The fourth-order valence-corrected chi connectivity index (χ4v) is 3.65. The van der Waals surface area contributed by atoms with Crippen molar-refractivity contribution in [3.63, 3.8) is 0 Å². The Hall–Kier alpha value is -2.47. The fraction of sp³-hybridized carbons (Fsp3) is 0.500. The van der Waals surface area contributed by atoms with Gasteiger partial charge in [0, 0.05) is 24.5 Å². The minimum Gasteiger partial charge on any atom is -0.394 e. The summed E-state index contributed by atoms with van der Waals surface area (Å²) in [5.41, 5.74) is 6.49. The number of aliphatic hydroxyl groups is 1. The summed E-state index contributed by atoms with van der Waals surface area (Å²) in [6.45, 7) is 10.5. The summed E-state index contributed by atoms with van der Waals surface area (Å²) in [5.74, 6) is 1.18. The molecule has 3 rings (SSSR count). The second-order valence-corrected chi connectivity index (χ2v) is 7.71. The number of nitrogens with zero attached hydrogens (tertiary/aromatic N) is 4. The molecule has 150 valence electrons. The van der Waals surface area contributed by atoms with Crippen molar-refractivity contribution in [1.82, 2.24) is 19.5 Å². The van der Waals surface area contributed by atoms with E-state index in [-0.39, 0.29) is 12.6 Å². The third-order valence-electron chi connectivity index (χ3n) is 5.23. The Balaban J connectivity index is 2.17. The zero-order valence-electron chi connectivity index (χ0n) is 17.7. The monoisotopic (exact) mass is 381 g/mol. The molecule has 6 nitrogen and oxygen atoms in total. The van der Waals surface area contributed by atoms with E-state index < -0.39 is 0 Å². The van der Waals surface area contributed by atoms with Crippen molar-refractivity contribution < 1.29 is 5.11 Å². The van der Waals surface area contributed by atoms with Crippen molar-refractivity contribution in [2.24, 2.45) is 0 Å². The molecule has 3 heterocycles. The predicted octanol–water partition coefficient (Wildman–Crippen LogP) is 4.61. The highest BCUT2D eigenvalue weighted by Gasteiger charge is 2.20. The molecule has 0 saturated carbocycles. The molecule has 0 spiro atoms. The van der Waals surface area contributed by atoms with Crippen LogP contribution in [0.3, 0.4) is 0 Å². The molecule has 2 N–H and O–H groups in total. The van der Waals surface area contributed by atoms with Gasteiger partial charge in [-0.15, -0.1) is 0 Å². The first-order valence-electron chi connectivity index (χ1n) is 10.1. The summed E-state index contributed by atoms with van der Waals surface area (Å²) < 4.78 is 2.08. The van der Waals surface area contributed by atoms with Crippen molar-refractivity contribution >= 4 is 17.0 Å². The maximum atomic E-state index is 9.83. The molecule has 28 heavy (non-hydrogen) atoms. The van der Waals surface area contributed by atoms with Crippen LogP contribution in [0.1, 0.15) is 62.5 Å². The molecule has 0 aliphatic rings. The summed E-state index contributed by atoms with van der Waals surface area (Å²) in [5, 5.41) is 13.0. The van der Waals surface area contributed by atoms with E-state index in [4.69, 9.17) is 15.0 Å². The molecule has 0 unspecified atom stereocenters. The highest BCUT2D eigenvalue weighted by molar-refractivity contribution is 5.82. The molecular formula is C22H31N5O. The lowest BCUT2D eigenvalue weighted by molar-refractivity contribution is 0.222. The molecule has 3 aromatic rings. The van der Waals surface area contributed by atoms with Crippen molar-refractivity contribution in [2.45, 2.75) is 59.4 Å². The van der Waals surface area contributed by atoms with E-state index in [9.17, 15) is 5.11 Å². The molecule has 0 bridgehead atoms. The van der Waals surface area contributed by atoms with Gasteiger partial charge in [-0.3, -0.25) is 0 Å². The lowest BCUT2D eigenvalue weighted by Crippen LogP contribution is -2.13. The van der Waals surface area contributed by atoms with Crippen LogP contribution in [0.4, 0.5) is 5.82 Å². The van der Waals surface area contributed by atoms with E-state index in [0.29, 0.717) is 5.92 Å². The molecule has 1 atom stereocenters. The van der Waals surface area contributed by atoms with E-state index in [1.165, 1.54) is 0 Å². The van der Waals surface area contributed by atoms with Crippen LogP contribution in [0.5, 0.6) is 0 Å². The van der Waals surface area contributed by atoms with Gasteiger partial charge >= 0.3 is 0 Å². The van der Waals surface area contributed by atoms with Crippen LogP contribution in [-0.2, 0) is 0 Å². The van der Waals surface area contributed by atoms with Crippen LogP contribution in [0.25, 0.3) is 22.4 Å². The third kappa shape index (κ3) is 3.61. The van der Waals surface area contributed by atoms with Crippen LogP contribution >= 0.6 is 0 Å². The highest BCUT2D eigenvalue weighted by Crippen LogP contribution is 2.32. The van der Waals surface area contributed by atoms with Crippen molar-refractivity contribution in [3.8, 4) is 11.3 Å². The quantitative estimate of drug-likeness (QED) is 0.625. The highest BCUT2D eigenvalue weighted by atomic mass is 16.3. The summed E-state index contributed by atoms with van der Waals surface area (Å²) >= 11 is 0. The van der Waals surface area contributed by atoms with Gasteiger partial charge < -0.3 is 15.0 Å². The second kappa shape index (κ2) is 8.27. The van der Waals surface area contributed by atoms with Crippen LogP contribution in [0, 0.1) is 13.8 Å². The molecule has 6 heteroatoms. The predicted molar refractivity (Wildman–Crippen MR) is 115 cm³/mol. The molecular weight excluding hydrogens is 350 g/mol. The minimum atomic E-state index is 0.0283. The van der Waals surface area contributed by atoms with E-state index in [0.717, 1.165) is 58.0 Å². The van der Waals surface area contributed by atoms with Crippen LogP contribution in [0.2, 0.25) is 0 Å². The van der Waals surface area contributed by atoms with Gasteiger partial charge in [-0.05, 0) is 43.9 Å². The fourth-order valence-electron chi connectivity index (χ4n) is 3.65. The summed E-state index contributed by atoms with van der Waals surface area (Å²) in [6.07, 6.45) is 3.98. The average Bonchev–Trinajstić information content (AvgIpc) is 3.00. The number of anilines is 1. The molecule has 0 aromatic carbocycles. The molecule has 0 aliphatic carbocycles. The van der Waals surface area contributed by atoms with Crippen LogP contribution in [0.15, 0.2) is 18.3 Å². The molecule has 3 aromatic heterocycles. The molecule has 0 saturated heterocycles. The largest absolute Gasteiger partial charge is 0.394 e. The Morgan fingerprint density at radius 3 is 2.50 bits per heavy atom. The van der Waals surface area contributed by atoms with Crippen molar-refractivity contribution in [2.75, 3.05) is 19.0 Å². The lowest BCUT2D eigenvalue weighted by Gasteiger charge is -2.17. The topological polar surface area (TPSA) is 75.9 Å². The van der Waals surface area contributed by atoms with E-state index in [1.807, 2.05) is 20.9 Å². The molecule has 0 fully saturated rings. The Labute approximate surface area is 167 Å². The SMILES string of the molecule is CCC[C@@H](CO)n1cc(C)c2nc(-c3ccc(C(C)C)nc3NC)c(C)nc21. The second-order valence-electron chi connectivity index (χ2n) is 7.71. The molecule has 0 aliphatic heterocycles. The Bertz CT molecular complexity index is 977. The number of hydrogen-bond donors (Lipinski definition) is 2. The standard InChI is InChI=1S/C22H31N5O/c1-7-8-16(12-28)27-11-14(4)19-22(27)24-15(5)20(26-19)17-9-10-18(13(2)3)25-21(17)23-6/h9-11,13,16,28H,7-8,12H2,1-6H3,(H,23,25)/t16-/m0/s1. The van der Waals surface area contributed by atoms with Gasteiger partial charge in [0.1, 0.15) is 11.3 Å². The third-order valence-corrected chi connectivity index (χ3v) is 5.23. The normalized spacial score (nSPS) is 12.7. The first-order chi connectivity index (χ1) is 13.4. The first kappa shape index (κ1) is 20.3. The number of nitrogens with one attached hydrogen (secondary N) is 1. The lowest BCUT2D eigenvalue weighted by atomic mass is 10.1. The number of aliphatic hydroxyl groups excluding tert-OH is 1. The van der Waals surface area contributed by atoms with Gasteiger partial charge in [0.2, 0.25) is 0 Å². The Morgan fingerprint density at radius 1 is 1.14 bits per heavy atom. The maximum Gasteiger partial charge on any atom is 0.159 e. The Morgan fingerprint density at radius 2 is 1.89 bits per heavy atom. The van der Waals surface area contributed by atoms with Crippen molar-refractivity contribution in [1.29, 1.82) is 0 Å². The Kier molecular flexibility index (Phi) is 5.98. The maximum absolute atomic E-state index is 9.83. The number of rotatable bonds is 7. The number of pyridine rings is 1. The first-order valence-corrected chi connectivity index (χ1v) is 10.1. The summed E-state index contributed by atoms with van der Waals surface area (Å²) in [7, 11) is 1.88. The minimum absolute atomic E-state index is 0.0283.